The van der Waals surface area contributed by atoms with E-state index in [1.165, 1.54) is 29.2 Å². The first-order chi connectivity index (χ1) is 17.8. The van der Waals surface area contributed by atoms with Crippen LogP contribution in [0.2, 0.25) is 0 Å². The second kappa shape index (κ2) is 8.67. The minimum absolute atomic E-state index is 0.101. The zero-order valence-electron chi connectivity index (χ0n) is 19.2. The third kappa shape index (κ3) is 3.63. The molecule has 184 valence electrons. The highest BCUT2D eigenvalue weighted by molar-refractivity contribution is 9.10. The van der Waals surface area contributed by atoms with Gasteiger partial charge >= 0.3 is 0 Å². The van der Waals surface area contributed by atoms with Gasteiger partial charge in [-0.3, -0.25) is 24.5 Å². The molecule has 0 saturated carbocycles. The predicted molar refractivity (Wildman–Crippen MR) is 141 cm³/mol. The number of anilines is 3. The molecule has 9 nitrogen and oxygen atoms in total. The van der Waals surface area contributed by atoms with Gasteiger partial charge in [0.15, 0.2) is 0 Å². The van der Waals surface area contributed by atoms with Crippen molar-refractivity contribution in [3.8, 4) is 0 Å². The summed E-state index contributed by atoms with van der Waals surface area (Å²) in [7, 11) is 0. The molecule has 3 aliphatic heterocycles. The number of benzene rings is 3. The van der Waals surface area contributed by atoms with Crippen molar-refractivity contribution in [2.75, 3.05) is 15.1 Å². The highest BCUT2D eigenvalue weighted by Gasteiger charge is 2.64. The van der Waals surface area contributed by atoms with Crippen LogP contribution in [0.1, 0.15) is 5.56 Å². The molecule has 4 atom stereocenters. The molecule has 2 saturated heterocycles. The quantitative estimate of drug-likeness (QED) is 0.288. The lowest BCUT2D eigenvalue weighted by atomic mass is 9.88. The Morgan fingerprint density at radius 1 is 0.919 bits per heavy atom. The van der Waals surface area contributed by atoms with Gasteiger partial charge in [0.25, 0.3) is 5.69 Å². The Balaban J connectivity index is 1.40. The van der Waals surface area contributed by atoms with Crippen LogP contribution in [0.5, 0.6) is 0 Å². The summed E-state index contributed by atoms with van der Waals surface area (Å²) in [5.74, 6) is -2.89. The lowest BCUT2D eigenvalue weighted by molar-refractivity contribution is -0.384. The molecular weight excluding hydrogens is 540 g/mol. The molecule has 37 heavy (non-hydrogen) atoms. The standard InChI is InChI=1S/C27H19BrN4O5/c28-16-6-10-18(11-7-16)30-26(34)22-21-14-5-15-3-1-2-4-20(15)31(21)24(23(22)27(30)35)25(33)29-17-8-12-19(13-9-17)32(36)37/h1-14,21-24H,(H,29,33)/t21-,22+,23+,24-/m0/s1. The van der Waals surface area contributed by atoms with Gasteiger partial charge in [-0.15, -0.1) is 0 Å². The van der Waals surface area contributed by atoms with Crippen molar-refractivity contribution in [1.29, 1.82) is 0 Å². The molecule has 0 unspecified atom stereocenters. The van der Waals surface area contributed by atoms with Gasteiger partial charge in [-0.05, 0) is 48.0 Å². The molecule has 0 bridgehead atoms. The molecular formula is C27H19BrN4O5. The van der Waals surface area contributed by atoms with Crippen LogP contribution in [0.4, 0.5) is 22.7 Å². The van der Waals surface area contributed by atoms with Crippen LogP contribution < -0.4 is 15.1 Å². The average molecular weight is 559 g/mol. The number of nitrogens with one attached hydrogen (secondary N) is 1. The third-order valence-corrected chi connectivity index (χ3v) is 7.64. The van der Waals surface area contributed by atoms with Crippen molar-refractivity contribution in [2.24, 2.45) is 11.8 Å². The van der Waals surface area contributed by atoms with Crippen LogP contribution >= 0.6 is 15.9 Å². The first kappa shape index (κ1) is 23.1. The number of halogens is 1. The van der Waals surface area contributed by atoms with Gasteiger partial charge in [-0.2, -0.15) is 0 Å². The Kier molecular flexibility index (Phi) is 5.41. The van der Waals surface area contributed by atoms with E-state index < -0.39 is 40.7 Å². The van der Waals surface area contributed by atoms with E-state index in [0.717, 1.165) is 15.7 Å². The number of non-ortho nitro benzene ring substituents is 1. The van der Waals surface area contributed by atoms with Crippen molar-refractivity contribution in [3.63, 3.8) is 0 Å². The molecule has 0 spiro atoms. The van der Waals surface area contributed by atoms with E-state index in [4.69, 9.17) is 0 Å². The number of imide groups is 1. The van der Waals surface area contributed by atoms with Gasteiger partial charge in [0.2, 0.25) is 17.7 Å². The second-order valence-electron chi connectivity index (χ2n) is 9.09. The Morgan fingerprint density at radius 3 is 2.30 bits per heavy atom. The molecule has 6 rings (SSSR count). The number of amides is 3. The minimum Gasteiger partial charge on any atom is -0.351 e. The van der Waals surface area contributed by atoms with E-state index in [9.17, 15) is 24.5 Å². The van der Waals surface area contributed by atoms with Crippen molar-refractivity contribution >= 4 is 62.5 Å². The van der Waals surface area contributed by atoms with E-state index in [1.54, 1.807) is 24.3 Å². The van der Waals surface area contributed by atoms with Gasteiger partial charge in [0, 0.05) is 28.0 Å². The first-order valence-corrected chi connectivity index (χ1v) is 12.4. The predicted octanol–water partition coefficient (Wildman–Crippen LogP) is 4.39. The van der Waals surface area contributed by atoms with E-state index in [-0.39, 0.29) is 11.6 Å². The van der Waals surface area contributed by atoms with Crippen LogP contribution in [-0.4, -0.2) is 34.7 Å². The molecule has 0 aliphatic carbocycles. The summed E-state index contributed by atoms with van der Waals surface area (Å²) >= 11 is 3.37. The molecule has 3 aromatic rings. The summed E-state index contributed by atoms with van der Waals surface area (Å²) in [5, 5.41) is 13.8. The lowest BCUT2D eigenvalue weighted by Crippen LogP contribution is -2.50. The lowest BCUT2D eigenvalue weighted by Gasteiger charge is -2.36. The summed E-state index contributed by atoms with van der Waals surface area (Å²) in [5.41, 5.74) is 2.36. The zero-order valence-corrected chi connectivity index (χ0v) is 20.7. The molecule has 3 amide bonds. The van der Waals surface area contributed by atoms with Crippen molar-refractivity contribution in [2.45, 2.75) is 12.1 Å². The highest BCUT2D eigenvalue weighted by Crippen LogP contribution is 2.49. The number of nitrogens with zero attached hydrogens (tertiary/aromatic N) is 3. The first-order valence-electron chi connectivity index (χ1n) is 11.6. The number of hydrogen-bond acceptors (Lipinski definition) is 6. The maximum absolute atomic E-state index is 13.8. The number of rotatable bonds is 4. The topological polar surface area (TPSA) is 113 Å². The summed E-state index contributed by atoms with van der Waals surface area (Å²) in [6, 6.07) is 18.5. The van der Waals surface area contributed by atoms with E-state index in [1.807, 2.05) is 41.3 Å². The number of hydrogen-bond donors (Lipinski definition) is 1. The number of nitro groups is 1. The Morgan fingerprint density at radius 2 is 1.59 bits per heavy atom. The zero-order chi connectivity index (χ0) is 25.8. The third-order valence-electron chi connectivity index (χ3n) is 7.11. The van der Waals surface area contributed by atoms with Gasteiger partial charge in [0.05, 0.1) is 28.5 Å². The molecule has 0 aromatic heterocycles. The van der Waals surface area contributed by atoms with Crippen LogP contribution in [-0.2, 0) is 14.4 Å². The fraction of sp³-hybridized carbons (Fsp3) is 0.148. The fourth-order valence-electron chi connectivity index (χ4n) is 5.54. The summed E-state index contributed by atoms with van der Waals surface area (Å²) < 4.78 is 0.814. The normalized spacial score (nSPS) is 23.5. The van der Waals surface area contributed by atoms with Gasteiger partial charge in [-0.25, -0.2) is 4.90 Å². The summed E-state index contributed by atoms with van der Waals surface area (Å²) in [6.07, 6.45) is 3.81. The van der Waals surface area contributed by atoms with Crippen molar-refractivity contribution < 1.29 is 19.3 Å². The largest absolute Gasteiger partial charge is 0.351 e. The number of para-hydroxylation sites is 1. The van der Waals surface area contributed by atoms with Gasteiger partial charge in [-0.1, -0.05) is 46.3 Å². The Labute approximate surface area is 219 Å². The van der Waals surface area contributed by atoms with E-state index in [0.29, 0.717) is 11.4 Å². The smallest absolute Gasteiger partial charge is 0.269 e. The summed E-state index contributed by atoms with van der Waals surface area (Å²) in [6.45, 7) is 0. The average Bonchev–Trinajstić information content (AvgIpc) is 3.38. The molecule has 3 heterocycles. The molecule has 1 N–H and O–H groups in total. The van der Waals surface area contributed by atoms with Crippen LogP contribution in [0.25, 0.3) is 6.08 Å². The maximum Gasteiger partial charge on any atom is 0.269 e. The van der Waals surface area contributed by atoms with E-state index in [2.05, 4.69) is 21.2 Å². The summed E-state index contributed by atoms with van der Waals surface area (Å²) in [4.78, 5) is 54.8. The van der Waals surface area contributed by atoms with Gasteiger partial charge in [0.1, 0.15) is 6.04 Å². The number of fused-ring (bicyclic) bond motifs is 5. The van der Waals surface area contributed by atoms with Crippen LogP contribution in [0, 0.1) is 22.0 Å². The number of nitro benzene ring substituents is 1. The Bertz CT molecular complexity index is 1490. The highest BCUT2D eigenvalue weighted by atomic mass is 79.9. The van der Waals surface area contributed by atoms with Crippen molar-refractivity contribution in [3.05, 3.63) is 99.0 Å². The van der Waals surface area contributed by atoms with Crippen LogP contribution in [0.3, 0.4) is 0 Å². The maximum atomic E-state index is 13.8. The molecule has 10 heteroatoms. The second-order valence-corrected chi connectivity index (χ2v) is 10.0. The number of carbonyl (C=O) groups excluding carboxylic acids is 3. The molecule has 0 radical (unpaired) electrons. The monoisotopic (exact) mass is 558 g/mol. The minimum atomic E-state index is -0.965. The Hall–Kier alpha value is -4.31. The molecule has 2 fully saturated rings. The van der Waals surface area contributed by atoms with E-state index >= 15 is 0 Å². The van der Waals surface area contributed by atoms with Gasteiger partial charge < -0.3 is 10.2 Å². The van der Waals surface area contributed by atoms with Crippen LogP contribution in [0.15, 0.2) is 83.3 Å². The van der Waals surface area contributed by atoms with Crippen molar-refractivity contribution in [1.82, 2.24) is 0 Å². The molecule has 3 aliphatic rings. The molecule has 3 aromatic carbocycles. The SMILES string of the molecule is O=C(Nc1ccc([N+](=O)[O-])cc1)[C@@H]1[C@@H]2C(=O)N(c3ccc(Br)cc3)C(=O)[C@@H]2[C@@H]2C=Cc3ccccc3N12. The number of carbonyl (C=O) groups is 3. The fourth-order valence-corrected chi connectivity index (χ4v) is 5.81.